The molecule has 1 aliphatic carbocycles. The first kappa shape index (κ1) is 22.6. The fraction of sp³-hybridized carbons (Fsp3) is 0.280. The lowest BCUT2D eigenvalue weighted by atomic mass is 9.95. The number of aryl methyl sites for hydroxylation is 2. The van der Waals surface area contributed by atoms with Gasteiger partial charge in [-0.3, -0.25) is 5.41 Å². The Morgan fingerprint density at radius 3 is 2.86 bits per heavy atom. The Morgan fingerprint density at radius 2 is 2.06 bits per heavy atom. The van der Waals surface area contributed by atoms with E-state index in [9.17, 15) is 5.11 Å². The Hall–Kier alpha value is -4.18. The molecule has 0 unspecified atom stereocenters. The average molecular weight is 474 g/mol. The largest absolute Gasteiger partial charge is 0.491 e. The van der Waals surface area contributed by atoms with E-state index >= 15 is 0 Å². The number of nitrogens with one attached hydrogen (secondary N) is 2. The number of rotatable bonds is 9. The fourth-order valence-corrected chi connectivity index (χ4v) is 4.09. The number of pyridine rings is 1. The molecule has 4 aromatic rings. The van der Waals surface area contributed by atoms with Crippen LogP contribution in [0.5, 0.6) is 5.88 Å². The minimum atomic E-state index is -0.137. The topological polar surface area (TPSA) is 126 Å². The van der Waals surface area contributed by atoms with E-state index in [2.05, 4.69) is 15.1 Å². The van der Waals surface area contributed by atoms with Crippen LogP contribution in [0.4, 0.5) is 5.69 Å². The molecule has 0 spiro atoms. The van der Waals surface area contributed by atoms with E-state index < -0.39 is 0 Å². The van der Waals surface area contributed by atoms with Crippen LogP contribution < -0.4 is 4.74 Å². The number of aliphatic imine (C=N–C) groups is 1. The second kappa shape index (κ2) is 9.59. The van der Waals surface area contributed by atoms with Crippen LogP contribution >= 0.6 is 0 Å². The number of aromatic nitrogens is 5. The maximum absolute atomic E-state index is 9.23. The highest BCUT2D eigenvalue weighted by molar-refractivity contribution is 6.54. The van der Waals surface area contributed by atoms with Gasteiger partial charge in [0.2, 0.25) is 0 Å². The SMILES string of the molecule is Cc1[nH]c2c(c1C)C(=N)/C(=N\c1c(OCCO)nn3ccccc13)C=C2OCCCn1ccnc1. The van der Waals surface area contributed by atoms with Crippen molar-refractivity contribution in [3.05, 3.63) is 71.7 Å². The summed E-state index contributed by atoms with van der Waals surface area (Å²) in [5, 5.41) is 22.6. The van der Waals surface area contributed by atoms with E-state index in [1.165, 1.54) is 0 Å². The number of aliphatic hydroxyl groups excluding tert-OH is 1. The van der Waals surface area contributed by atoms with Crippen LogP contribution in [0.25, 0.3) is 11.3 Å². The third-order valence-corrected chi connectivity index (χ3v) is 5.94. The second-order valence-corrected chi connectivity index (χ2v) is 8.26. The molecule has 0 atom stereocenters. The van der Waals surface area contributed by atoms with Crippen LogP contribution in [0, 0.1) is 19.3 Å². The minimum Gasteiger partial charge on any atom is -0.491 e. The van der Waals surface area contributed by atoms with Gasteiger partial charge in [0.25, 0.3) is 5.88 Å². The zero-order chi connectivity index (χ0) is 24.4. The molecule has 0 radical (unpaired) electrons. The Balaban J connectivity index is 1.51. The summed E-state index contributed by atoms with van der Waals surface area (Å²) in [5.74, 6) is 0.945. The summed E-state index contributed by atoms with van der Waals surface area (Å²) in [6.07, 6.45) is 9.87. The molecule has 0 bridgehead atoms. The number of aliphatic hydroxyl groups is 1. The van der Waals surface area contributed by atoms with Crippen molar-refractivity contribution in [2.45, 2.75) is 26.8 Å². The quantitative estimate of drug-likeness (QED) is 0.321. The zero-order valence-corrected chi connectivity index (χ0v) is 19.7. The van der Waals surface area contributed by atoms with E-state index in [0.717, 1.165) is 41.0 Å². The predicted octanol–water partition coefficient (Wildman–Crippen LogP) is 3.45. The Morgan fingerprint density at radius 1 is 1.17 bits per heavy atom. The number of ether oxygens (including phenoxy) is 2. The monoisotopic (exact) mass is 473 g/mol. The molecule has 0 aromatic carbocycles. The van der Waals surface area contributed by atoms with Crippen molar-refractivity contribution in [3.63, 3.8) is 0 Å². The molecule has 4 aromatic heterocycles. The van der Waals surface area contributed by atoms with Crippen LogP contribution in [0.15, 0.2) is 54.2 Å². The maximum Gasteiger partial charge on any atom is 0.260 e. The zero-order valence-electron chi connectivity index (χ0n) is 19.7. The van der Waals surface area contributed by atoms with Crippen LogP contribution in [-0.2, 0) is 11.3 Å². The molecular weight excluding hydrogens is 446 g/mol. The van der Waals surface area contributed by atoms with Crippen LogP contribution in [0.1, 0.15) is 28.9 Å². The number of fused-ring (bicyclic) bond motifs is 2. The molecule has 0 fully saturated rings. The highest BCUT2D eigenvalue weighted by Crippen LogP contribution is 2.35. The molecule has 35 heavy (non-hydrogen) atoms. The highest BCUT2D eigenvalue weighted by atomic mass is 16.5. The molecule has 10 heteroatoms. The summed E-state index contributed by atoms with van der Waals surface area (Å²) in [7, 11) is 0. The van der Waals surface area contributed by atoms with E-state index in [1.807, 2.05) is 42.8 Å². The third-order valence-electron chi connectivity index (χ3n) is 5.94. The summed E-state index contributed by atoms with van der Waals surface area (Å²) in [6.45, 7) is 5.24. The van der Waals surface area contributed by atoms with Gasteiger partial charge in [0.1, 0.15) is 12.4 Å². The molecule has 0 aliphatic heterocycles. The minimum absolute atomic E-state index is 0.0978. The fourth-order valence-electron chi connectivity index (χ4n) is 4.09. The summed E-state index contributed by atoms with van der Waals surface area (Å²) in [5.41, 5.74) is 5.55. The molecule has 180 valence electrons. The Kier molecular flexibility index (Phi) is 6.19. The summed E-state index contributed by atoms with van der Waals surface area (Å²) >= 11 is 0. The van der Waals surface area contributed by atoms with Crippen molar-refractivity contribution in [1.29, 1.82) is 5.41 Å². The molecular formula is C25H27N7O3. The van der Waals surface area contributed by atoms with Gasteiger partial charge in [-0.2, -0.15) is 0 Å². The van der Waals surface area contributed by atoms with Crippen LogP contribution in [0.2, 0.25) is 0 Å². The van der Waals surface area contributed by atoms with Gasteiger partial charge in [0.15, 0.2) is 5.69 Å². The van der Waals surface area contributed by atoms with Gasteiger partial charge >= 0.3 is 0 Å². The predicted molar refractivity (Wildman–Crippen MR) is 133 cm³/mol. The first-order valence-electron chi connectivity index (χ1n) is 11.5. The lowest BCUT2D eigenvalue weighted by Gasteiger charge is -2.18. The normalized spacial score (nSPS) is 14.4. The van der Waals surface area contributed by atoms with Crippen molar-refractivity contribution in [1.82, 2.24) is 24.1 Å². The number of hydrogen-bond acceptors (Lipinski definition) is 7. The van der Waals surface area contributed by atoms with Crippen molar-refractivity contribution in [2.24, 2.45) is 4.99 Å². The molecule has 3 N–H and O–H groups in total. The van der Waals surface area contributed by atoms with E-state index in [-0.39, 0.29) is 13.2 Å². The van der Waals surface area contributed by atoms with E-state index in [1.54, 1.807) is 29.3 Å². The summed E-state index contributed by atoms with van der Waals surface area (Å²) in [6, 6.07) is 5.65. The van der Waals surface area contributed by atoms with Crippen molar-refractivity contribution in [2.75, 3.05) is 19.8 Å². The number of hydrogen-bond donors (Lipinski definition) is 3. The number of aromatic amines is 1. The molecule has 1 aliphatic rings. The van der Waals surface area contributed by atoms with Gasteiger partial charge in [-0.15, -0.1) is 5.10 Å². The van der Waals surface area contributed by atoms with Crippen LogP contribution in [-0.4, -0.2) is 60.5 Å². The van der Waals surface area contributed by atoms with Gasteiger partial charge in [0.05, 0.1) is 42.2 Å². The first-order chi connectivity index (χ1) is 17.1. The van der Waals surface area contributed by atoms with E-state index in [0.29, 0.717) is 35.4 Å². The third kappa shape index (κ3) is 4.35. The maximum atomic E-state index is 9.23. The Labute approximate surface area is 202 Å². The standard InChI is InChI=1S/C25H27N7O3/c1-16-17(2)28-24-20(34-12-5-8-31-10-7-27-15-31)14-18(22(26)21(16)24)29-23-19-6-3-4-9-32(19)30-25(23)35-13-11-33/h3-4,6-7,9-10,14-15,26,28,33H,5,8,11-13H2,1-2H3/b26-22?,29-18-. The molecule has 10 nitrogen and oxygen atoms in total. The van der Waals surface area contributed by atoms with E-state index in [4.69, 9.17) is 19.9 Å². The second-order valence-electron chi connectivity index (χ2n) is 8.26. The van der Waals surface area contributed by atoms with Gasteiger partial charge in [-0.05, 0) is 38.0 Å². The molecule has 5 rings (SSSR count). The summed E-state index contributed by atoms with van der Waals surface area (Å²) < 4.78 is 15.5. The van der Waals surface area contributed by atoms with Crippen LogP contribution in [0.3, 0.4) is 0 Å². The van der Waals surface area contributed by atoms with Crippen molar-refractivity contribution in [3.8, 4) is 5.88 Å². The Bertz CT molecular complexity index is 1430. The van der Waals surface area contributed by atoms with Gasteiger partial charge in [-0.1, -0.05) is 6.07 Å². The number of allylic oxidation sites excluding steroid dienone is 1. The van der Waals surface area contributed by atoms with Crippen molar-refractivity contribution >= 4 is 28.4 Å². The molecule has 0 saturated heterocycles. The van der Waals surface area contributed by atoms with Gasteiger partial charge in [0, 0.05) is 42.5 Å². The highest BCUT2D eigenvalue weighted by Gasteiger charge is 2.28. The van der Waals surface area contributed by atoms with Crippen molar-refractivity contribution < 1.29 is 14.6 Å². The lowest BCUT2D eigenvalue weighted by molar-refractivity contribution is 0.197. The lowest BCUT2D eigenvalue weighted by Crippen LogP contribution is -2.20. The van der Waals surface area contributed by atoms with Gasteiger partial charge < -0.3 is 24.1 Å². The average Bonchev–Trinajstić information content (AvgIpc) is 3.57. The van der Waals surface area contributed by atoms with Gasteiger partial charge in [-0.25, -0.2) is 14.5 Å². The molecule has 4 heterocycles. The number of nitrogens with zero attached hydrogens (tertiary/aromatic N) is 5. The summed E-state index contributed by atoms with van der Waals surface area (Å²) in [4.78, 5) is 12.3. The molecule has 0 saturated carbocycles. The number of H-pyrrole nitrogens is 1. The smallest absolute Gasteiger partial charge is 0.260 e. The first-order valence-corrected chi connectivity index (χ1v) is 11.5. The molecule has 0 amide bonds. The number of imidazole rings is 1.